The maximum atomic E-state index is 12.1. The van der Waals surface area contributed by atoms with Gasteiger partial charge in [0.1, 0.15) is 6.10 Å². The van der Waals surface area contributed by atoms with Crippen LogP contribution in [0.3, 0.4) is 0 Å². The van der Waals surface area contributed by atoms with Crippen LogP contribution >= 0.6 is 0 Å². The Balaban J connectivity index is 1.46. The average Bonchev–Trinajstić information content (AvgIpc) is 3.26. The summed E-state index contributed by atoms with van der Waals surface area (Å²) in [5.74, 6) is -0.321. The summed E-state index contributed by atoms with van der Waals surface area (Å²) in [7, 11) is 0. The minimum absolute atomic E-state index is 0.0342. The minimum Gasteiger partial charge on any atom is -0.459 e. The van der Waals surface area contributed by atoms with Crippen LogP contribution in [0.5, 0.6) is 0 Å². The fourth-order valence-corrected chi connectivity index (χ4v) is 3.22. The molecule has 3 rings (SSSR count). The van der Waals surface area contributed by atoms with Gasteiger partial charge in [-0.3, -0.25) is 0 Å². The van der Waals surface area contributed by atoms with Crippen molar-refractivity contribution in [2.75, 3.05) is 25.0 Å². The van der Waals surface area contributed by atoms with E-state index in [1.54, 1.807) is 24.3 Å². The van der Waals surface area contributed by atoms with Crippen molar-refractivity contribution in [2.24, 2.45) is 0 Å². The summed E-state index contributed by atoms with van der Waals surface area (Å²) in [6, 6.07) is 6.22. The third-order valence-corrected chi connectivity index (χ3v) is 4.75. The van der Waals surface area contributed by atoms with Crippen molar-refractivity contribution in [3.05, 3.63) is 29.8 Å². The predicted molar refractivity (Wildman–Crippen MR) is 93.6 cm³/mol. The molecule has 0 bridgehead atoms. The molecule has 7 heteroatoms. The van der Waals surface area contributed by atoms with Gasteiger partial charge in [0.15, 0.2) is 0 Å². The number of aliphatic hydroxyl groups is 1. The highest BCUT2D eigenvalue weighted by molar-refractivity contribution is 5.92. The standard InChI is InChI=1S/C18H25N3O4/c22-16(25-15-3-1-2-4-15)13-5-7-14(8-6-13)21-17(23)20-12-18(24)9-10-19-11-18/h5-8,15,19,24H,1-4,9-12H2,(H2,20,21,23)/t18-/m0/s1. The Hall–Kier alpha value is -2.12. The highest BCUT2D eigenvalue weighted by atomic mass is 16.5. The topological polar surface area (TPSA) is 99.7 Å². The Morgan fingerprint density at radius 2 is 1.96 bits per heavy atom. The van der Waals surface area contributed by atoms with Crippen LogP contribution < -0.4 is 16.0 Å². The van der Waals surface area contributed by atoms with Crippen LogP contribution in [0, 0.1) is 0 Å². The molecule has 4 N–H and O–H groups in total. The Labute approximate surface area is 147 Å². The number of esters is 1. The van der Waals surface area contributed by atoms with Crippen LogP contribution in [-0.2, 0) is 4.74 Å². The summed E-state index contributed by atoms with van der Waals surface area (Å²) in [6.07, 6.45) is 4.75. The second kappa shape index (κ2) is 7.84. The highest BCUT2D eigenvalue weighted by Crippen LogP contribution is 2.22. The van der Waals surface area contributed by atoms with Gasteiger partial charge in [0.25, 0.3) is 0 Å². The van der Waals surface area contributed by atoms with Crippen molar-refractivity contribution >= 4 is 17.7 Å². The van der Waals surface area contributed by atoms with E-state index in [0.29, 0.717) is 24.2 Å². The van der Waals surface area contributed by atoms with E-state index >= 15 is 0 Å². The number of nitrogens with one attached hydrogen (secondary N) is 3. The van der Waals surface area contributed by atoms with Gasteiger partial charge in [0.2, 0.25) is 0 Å². The first-order valence-corrected chi connectivity index (χ1v) is 8.83. The van der Waals surface area contributed by atoms with E-state index in [1.165, 1.54) is 0 Å². The summed E-state index contributed by atoms with van der Waals surface area (Å²) < 4.78 is 5.45. The molecule has 0 spiro atoms. The van der Waals surface area contributed by atoms with Crippen LogP contribution in [0.2, 0.25) is 0 Å². The molecule has 1 saturated heterocycles. The molecule has 2 fully saturated rings. The van der Waals surface area contributed by atoms with Crippen LogP contribution in [0.4, 0.5) is 10.5 Å². The van der Waals surface area contributed by atoms with E-state index in [2.05, 4.69) is 16.0 Å². The van der Waals surface area contributed by atoms with Crippen molar-refractivity contribution in [2.45, 2.75) is 43.8 Å². The SMILES string of the molecule is O=C(NC[C@]1(O)CCNC1)Nc1ccc(C(=O)OC2CCCC2)cc1. The molecule has 1 aliphatic heterocycles. The van der Waals surface area contributed by atoms with Crippen molar-refractivity contribution in [3.8, 4) is 0 Å². The average molecular weight is 347 g/mol. The first kappa shape index (κ1) is 17.7. The number of hydrogen-bond acceptors (Lipinski definition) is 5. The summed E-state index contributed by atoms with van der Waals surface area (Å²) >= 11 is 0. The molecular weight excluding hydrogens is 322 g/mol. The number of hydrogen-bond donors (Lipinski definition) is 4. The number of β-amino-alcohol motifs (C(OH)–C–C–N with tert-alkyl or cyclic N) is 1. The van der Waals surface area contributed by atoms with Crippen LogP contribution in [-0.4, -0.2) is 48.4 Å². The van der Waals surface area contributed by atoms with Crippen molar-refractivity contribution in [1.29, 1.82) is 0 Å². The van der Waals surface area contributed by atoms with E-state index in [0.717, 1.165) is 32.2 Å². The fraction of sp³-hybridized carbons (Fsp3) is 0.556. The van der Waals surface area contributed by atoms with E-state index in [4.69, 9.17) is 4.74 Å². The quantitative estimate of drug-likeness (QED) is 0.607. The molecule has 7 nitrogen and oxygen atoms in total. The number of ether oxygens (including phenoxy) is 1. The molecule has 0 radical (unpaired) electrons. The number of carbonyl (C=O) groups is 2. The number of rotatable bonds is 5. The summed E-state index contributed by atoms with van der Waals surface area (Å²) in [5.41, 5.74) is 0.168. The first-order chi connectivity index (χ1) is 12.0. The normalized spacial score (nSPS) is 23.4. The van der Waals surface area contributed by atoms with Gasteiger partial charge < -0.3 is 25.8 Å². The molecule has 2 amide bonds. The zero-order valence-corrected chi connectivity index (χ0v) is 14.2. The van der Waals surface area contributed by atoms with E-state index in [9.17, 15) is 14.7 Å². The zero-order chi connectivity index (χ0) is 17.7. The van der Waals surface area contributed by atoms with Crippen molar-refractivity contribution in [3.63, 3.8) is 0 Å². The Morgan fingerprint density at radius 3 is 2.60 bits per heavy atom. The van der Waals surface area contributed by atoms with Gasteiger partial charge in [-0.05, 0) is 62.9 Å². The van der Waals surface area contributed by atoms with Crippen molar-refractivity contribution < 1.29 is 19.4 Å². The number of carbonyl (C=O) groups excluding carboxylic acids is 2. The van der Waals surface area contributed by atoms with Crippen LogP contribution in [0.15, 0.2) is 24.3 Å². The van der Waals surface area contributed by atoms with Crippen LogP contribution in [0.25, 0.3) is 0 Å². The first-order valence-electron chi connectivity index (χ1n) is 8.83. The number of anilines is 1. The van der Waals surface area contributed by atoms with E-state index < -0.39 is 5.60 Å². The molecule has 2 aliphatic rings. The van der Waals surface area contributed by atoms with E-state index in [1.807, 2.05) is 0 Å². The van der Waals surface area contributed by atoms with Gasteiger partial charge in [-0.15, -0.1) is 0 Å². The lowest BCUT2D eigenvalue weighted by atomic mass is 10.0. The molecule has 1 atom stereocenters. The third kappa shape index (κ3) is 4.93. The van der Waals surface area contributed by atoms with Gasteiger partial charge in [-0.25, -0.2) is 9.59 Å². The van der Waals surface area contributed by atoms with Gasteiger partial charge in [0.05, 0.1) is 11.2 Å². The van der Waals surface area contributed by atoms with Gasteiger partial charge in [-0.1, -0.05) is 0 Å². The summed E-state index contributed by atoms with van der Waals surface area (Å²) in [6.45, 7) is 1.42. The third-order valence-electron chi connectivity index (χ3n) is 4.75. The molecular formula is C18H25N3O4. The summed E-state index contributed by atoms with van der Waals surface area (Å²) in [4.78, 5) is 24.0. The Bertz CT molecular complexity index is 605. The molecule has 1 saturated carbocycles. The smallest absolute Gasteiger partial charge is 0.338 e. The molecule has 1 heterocycles. The van der Waals surface area contributed by atoms with E-state index in [-0.39, 0.29) is 24.6 Å². The molecule has 25 heavy (non-hydrogen) atoms. The highest BCUT2D eigenvalue weighted by Gasteiger charge is 2.31. The molecule has 1 aromatic carbocycles. The maximum Gasteiger partial charge on any atom is 0.338 e. The molecule has 1 aromatic rings. The van der Waals surface area contributed by atoms with Gasteiger partial charge in [-0.2, -0.15) is 0 Å². The maximum absolute atomic E-state index is 12.1. The second-order valence-electron chi connectivity index (χ2n) is 6.85. The fourth-order valence-electron chi connectivity index (χ4n) is 3.22. The minimum atomic E-state index is -0.884. The number of amides is 2. The van der Waals surface area contributed by atoms with Crippen molar-refractivity contribution in [1.82, 2.24) is 10.6 Å². The van der Waals surface area contributed by atoms with Crippen LogP contribution in [0.1, 0.15) is 42.5 Å². The number of benzene rings is 1. The lowest BCUT2D eigenvalue weighted by Gasteiger charge is -2.21. The predicted octanol–water partition coefficient (Wildman–Crippen LogP) is 1.63. The monoisotopic (exact) mass is 347 g/mol. The molecule has 1 aliphatic carbocycles. The zero-order valence-electron chi connectivity index (χ0n) is 14.2. The Kier molecular flexibility index (Phi) is 5.55. The largest absolute Gasteiger partial charge is 0.459 e. The number of urea groups is 1. The molecule has 0 unspecified atom stereocenters. The molecule has 0 aromatic heterocycles. The van der Waals surface area contributed by atoms with Gasteiger partial charge >= 0.3 is 12.0 Å². The Morgan fingerprint density at radius 1 is 1.24 bits per heavy atom. The molecule has 136 valence electrons. The summed E-state index contributed by atoms with van der Waals surface area (Å²) in [5, 5.41) is 18.6. The van der Waals surface area contributed by atoms with Gasteiger partial charge in [0, 0.05) is 18.8 Å². The second-order valence-corrected chi connectivity index (χ2v) is 6.85. The lowest BCUT2D eigenvalue weighted by molar-refractivity contribution is 0.0318. The lowest BCUT2D eigenvalue weighted by Crippen LogP contribution is -2.45.